The zero-order chi connectivity index (χ0) is 20.3. The molecule has 3 fully saturated rings. The number of hydrogen-bond acceptors (Lipinski definition) is 5. The van der Waals surface area contributed by atoms with E-state index in [-0.39, 0.29) is 17.0 Å². The van der Waals surface area contributed by atoms with Crippen molar-refractivity contribution in [3.63, 3.8) is 0 Å². The number of hydrazine groups is 1. The molecular formula is C21H32N4O3S. The maximum atomic E-state index is 12.7. The molecule has 1 amide bonds. The summed E-state index contributed by atoms with van der Waals surface area (Å²) in [7, 11) is -3.58. The Kier molecular flexibility index (Phi) is 6.53. The van der Waals surface area contributed by atoms with Crippen LogP contribution in [0.25, 0.3) is 0 Å². The number of carbonyl (C=O) groups is 1. The Morgan fingerprint density at radius 1 is 1.03 bits per heavy atom. The van der Waals surface area contributed by atoms with Crippen molar-refractivity contribution >= 4 is 15.9 Å². The second-order valence-corrected chi connectivity index (χ2v) is 10.6. The van der Waals surface area contributed by atoms with Crippen molar-refractivity contribution in [3.05, 3.63) is 29.8 Å². The van der Waals surface area contributed by atoms with Gasteiger partial charge >= 0.3 is 0 Å². The molecule has 2 saturated carbocycles. The number of benzene rings is 1. The van der Waals surface area contributed by atoms with Gasteiger partial charge in [-0.15, -0.1) is 0 Å². The Morgan fingerprint density at radius 3 is 2.59 bits per heavy atom. The minimum atomic E-state index is -3.58. The van der Waals surface area contributed by atoms with Crippen LogP contribution in [0.2, 0.25) is 0 Å². The van der Waals surface area contributed by atoms with Crippen LogP contribution < -0.4 is 20.9 Å². The van der Waals surface area contributed by atoms with Crippen LogP contribution in [0.3, 0.4) is 0 Å². The summed E-state index contributed by atoms with van der Waals surface area (Å²) in [5, 5.41) is 2.97. The zero-order valence-electron chi connectivity index (χ0n) is 16.8. The largest absolute Gasteiger partial charge is 0.335 e. The molecule has 1 aliphatic heterocycles. The predicted octanol–water partition coefficient (Wildman–Crippen LogP) is 2.27. The molecule has 3 aliphatic rings. The van der Waals surface area contributed by atoms with Crippen LogP contribution in [0.4, 0.5) is 0 Å². The van der Waals surface area contributed by atoms with Crippen molar-refractivity contribution < 1.29 is 13.2 Å². The highest BCUT2D eigenvalue weighted by molar-refractivity contribution is 7.89. The average molecular weight is 421 g/mol. The Bertz CT molecular complexity index is 819. The molecule has 0 spiro atoms. The lowest BCUT2D eigenvalue weighted by atomic mass is 9.84. The predicted molar refractivity (Wildman–Crippen MR) is 111 cm³/mol. The van der Waals surface area contributed by atoms with Gasteiger partial charge in [0.05, 0.1) is 11.1 Å². The number of nitrogens with one attached hydrogen (secondary N) is 4. The maximum Gasteiger partial charge on any atom is 0.252 e. The molecule has 0 bridgehead atoms. The quantitative estimate of drug-likeness (QED) is 0.517. The molecule has 1 aromatic carbocycles. The fraction of sp³-hybridized carbons (Fsp3) is 0.667. The van der Waals surface area contributed by atoms with Gasteiger partial charge in [-0.2, -0.15) is 0 Å². The molecule has 4 rings (SSSR count). The van der Waals surface area contributed by atoms with Crippen LogP contribution in [-0.2, 0) is 10.0 Å². The minimum absolute atomic E-state index is 0.137. The van der Waals surface area contributed by atoms with E-state index >= 15 is 0 Å². The van der Waals surface area contributed by atoms with Crippen LogP contribution >= 0.6 is 0 Å². The second kappa shape index (κ2) is 9.12. The number of amides is 1. The molecule has 4 N–H and O–H groups in total. The first-order chi connectivity index (χ1) is 14.0. The lowest BCUT2D eigenvalue weighted by Gasteiger charge is -2.24. The van der Waals surface area contributed by atoms with E-state index in [9.17, 15) is 13.2 Å². The van der Waals surface area contributed by atoms with Gasteiger partial charge in [-0.25, -0.2) is 18.6 Å². The summed E-state index contributed by atoms with van der Waals surface area (Å²) in [6.45, 7) is 0.471. The minimum Gasteiger partial charge on any atom is -0.335 e. The molecule has 160 valence electrons. The Hall–Kier alpha value is -1.48. The van der Waals surface area contributed by atoms with E-state index in [1.165, 1.54) is 44.2 Å². The fourth-order valence-electron chi connectivity index (χ4n) is 4.38. The summed E-state index contributed by atoms with van der Waals surface area (Å²) < 4.78 is 27.5. The lowest BCUT2D eigenvalue weighted by Crippen LogP contribution is -2.44. The third-order valence-electron chi connectivity index (χ3n) is 6.30. The van der Waals surface area contributed by atoms with E-state index in [0.29, 0.717) is 24.1 Å². The van der Waals surface area contributed by atoms with Crippen molar-refractivity contribution in [3.8, 4) is 0 Å². The fourth-order valence-corrected chi connectivity index (χ4v) is 5.54. The van der Waals surface area contributed by atoms with Gasteiger partial charge in [0.25, 0.3) is 5.91 Å². The molecule has 2 unspecified atom stereocenters. The third-order valence-corrected chi connectivity index (χ3v) is 7.72. The molecule has 29 heavy (non-hydrogen) atoms. The smallest absolute Gasteiger partial charge is 0.252 e. The SMILES string of the molecule is O=C(NC1CC(CC2CCCCC2)NN1)c1cccc(S(=O)(=O)NCC2CC2)c1. The van der Waals surface area contributed by atoms with Crippen LogP contribution in [0.15, 0.2) is 29.2 Å². The maximum absolute atomic E-state index is 12.7. The zero-order valence-corrected chi connectivity index (χ0v) is 17.6. The van der Waals surface area contributed by atoms with Crippen molar-refractivity contribution in [2.45, 2.75) is 74.9 Å². The van der Waals surface area contributed by atoms with Gasteiger partial charge in [0.15, 0.2) is 0 Å². The molecule has 1 heterocycles. The Morgan fingerprint density at radius 2 is 1.83 bits per heavy atom. The third kappa shape index (κ3) is 5.78. The topological polar surface area (TPSA) is 99.3 Å². The first kappa shape index (κ1) is 20.8. The average Bonchev–Trinajstić information content (AvgIpc) is 3.47. The molecule has 0 aromatic heterocycles. The number of hydrogen-bond donors (Lipinski definition) is 4. The van der Waals surface area contributed by atoms with Gasteiger partial charge in [0, 0.05) is 18.2 Å². The van der Waals surface area contributed by atoms with E-state index in [4.69, 9.17) is 0 Å². The van der Waals surface area contributed by atoms with Crippen molar-refractivity contribution in [1.29, 1.82) is 0 Å². The standard InChI is InChI=1S/C21H32N4O3S/c26-21(23-20-13-18(24-25-20)11-15-5-2-1-3-6-15)17-7-4-8-19(12-17)29(27,28)22-14-16-9-10-16/h4,7-8,12,15-16,18,20,22,24-25H,1-3,5-6,9-11,13-14H2,(H,23,26). The highest BCUT2D eigenvalue weighted by Gasteiger charge is 2.28. The number of rotatable bonds is 8. The molecular weight excluding hydrogens is 388 g/mol. The molecule has 0 radical (unpaired) electrons. The highest BCUT2D eigenvalue weighted by atomic mass is 32.2. The van der Waals surface area contributed by atoms with Gasteiger partial charge in [0.2, 0.25) is 10.0 Å². The molecule has 2 atom stereocenters. The first-order valence-electron chi connectivity index (χ1n) is 10.9. The molecule has 1 aromatic rings. The summed E-state index contributed by atoms with van der Waals surface area (Å²) in [5.41, 5.74) is 6.84. The van der Waals surface area contributed by atoms with Crippen LogP contribution in [0, 0.1) is 11.8 Å². The molecule has 7 nitrogen and oxygen atoms in total. The Labute approximate surface area is 173 Å². The summed E-state index contributed by atoms with van der Waals surface area (Å²) in [4.78, 5) is 12.8. The normalized spacial score (nSPS) is 25.8. The van der Waals surface area contributed by atoms with Crippen LogP contribution in [-0.4, -0.2) is 33.1 Å². The second-order valence-electron chi connectivity index (χ2n) is 8.81. The van der Waals surface area contributed by atoms with E-state index < -0.39 is 10.0 Å². The van der Waals surface area contributed by atoms with Crippen LogP contribution in [0.5, 0.6) is 0 Å². The van der Waals surface area contributed by atoms with Gasteiger partial charge in [-0.05, 0) is 55.7 Å². The number of carbonyl (C=O) groups excluding carboxylic acids is 1. The monoisotopic (exact) mass is 420 g/mol. The summed E-state index contributed by atoms with van der Waals surface area (Å²) in [6, 6.07) is 6.61. The summed E-state index contributed by atoms with van der Waals surface area (Å²) in [5.74, 6) is 0.975. The van der Waals surface area contributed by atoms with E-state index in [0.717, 1.165) is 31.6 Å². The lowest BCUT2D eigenvalue weighted by molar-refractivity contribution is 0.0932. The number of sulfonamides is 1. The van der Waals surface area contributed by atoms with Crippen molar-refractivity contribution in [1.82, 2.24) is 20.9 Å². The van der Waals surface area contributed by atoms with Gasteiger partial charge in [0.1, 0.15) is 0 Å². The van der Waals surface area contributed by atoms with E-state index in [2.05, 4.69) is 20.9 Å². The molecule has 1 saturated heterocycles. The first-order valence-corrected chi connectivity index (χ1v) is 12.4. The van der Waals surface area contributed by atoms with Gasteiger partial charge in [-0.3, -0.25) is 10.2 Å². The van der Waals surface area contributed by atoms with Gasteiger partial charge in [-0.1, -0.05) is 38.2 Å². The molecule has 8 heteroatoms. The molecule has 2 aliphatic carbocycles. The Balaban J connectivity index is 1.30. The van der Waals surface area contributed by atoms with Crippen LogP contribution in [0.1, 0.15) is 68.1 Å². The summed E-state index contributed by atoms with van der Waals surface area (Å²) >= 11 is 0. The van der Waals surface area contributed by atoms with E-state index in [1.54, 1.807) is 12.1 Å². The van der Waals surface area contributed by atoms with Crippen molar-refractivity contribution in [2.24, 2.45) is 11.8 Å². The summed E-state index contributed by atoms with van der Waals surface area (Å²) in [6.07, 6.45) is 10.6. The van der Waals surface area contributed by atoms with Gasteiger partial charge < -0.3 is 5.32 Å². The van der Waals surface area contributed by atoms with Crippen molar-refractivity contribution in [2.75, 3.05) is 6.54 Å². The highest BCUT2D eigenvalue weighted by Crippen LogP contribution is 2.29. The van der Waals surface area contributed by atoms with E-state index in [1.807, 2.05) is 0 Å².